The molecule has 0 bridgehead atoms. The lowest BCUT2D eigenvalue weighted by Crippen LogP contribution is -2.16. The monoisotopic (exact) mass is 325 g/mol. The molecule has 1 aromatic carbocycles. The standard InChI is InChI=1S/C14H16ClN3O2S/c1-2-8-17-13-7-9-16-10-14(13)21(19,20)18-12-5-3-11(15)4-6-12/h3-7,9-10,18H,2,8H2,1H3,(H,16,17). The first kappa shape index (κ1) is 15.6. The van der Waals surface area contributed by atoms with E-state index in [2.05, 4.69) is 15.0 Å². The number of hydrogen-bond acceptors (Lipinski definition) is 4. The molecule has 21 heavy (non-hydrogen) atoms. The summed E-state index contributed by atoms with van der Waals surface area (Å²) >= 11 is 5.79. The molecular weight excluding hydrogens is 310 g/mol. The van der Waals surface area contributed by atoms with Crippen LogP contribution < -0.4 is 10.0 Å². The average Bonchev–Trinajstić information content (AvgIpc) is 2.47. The minimum atomic E-state index is -3.71. The summed E-state index contributed by atoms with van der Waals surface area (Å²) < 4.78 is 27.4. The number of hydrogen-bond donors (Lipinski definition) is 2. The van der Waals surface area contributed by atoms with Crippen LogP contribution in [-0.4, -0.2) is 19.9 Å². The largest absolute Gasteiger partial charge is 0.384 e. The van der Waals surface area contributed by atoms with E-state index < -0.39 is 10.0 Å². The first-order valence-electron chi connectivity index (χ1n) is 6.49. The summed E-state index contributed by atoms with van der Waals surface area (Å²) in [7, 11) is -3.71. The Morgan fingerprint density at radius 1 is 1.19 bits per heavy atom. The van der Waals surface area contributed by atoms with Gasteiger partial charge in [0, 0.05) is 29.6 Å². The number of anilines is 2. The molecule has 1 heterocycles. The highest BCUT2D eigenvalue weighted by Gasteiger charge is 2.18. The Hall–Kier alpha value is -1.79. The van der Waals surface area contributed by atoms with Gasteiger partial charge in [-0.1, -0.05) is 18.5 Å². The second-order valence-electron chi connectivity index (χ2n) is 4.41. The highest BCUT2D eigenvalue weighted by atomic mass is 35.5. The van der Waals surface area contributed by atoms with Crippen LogP contribution in [0, 0.1) is 0 Å². The zero-order chi connectivity index (χ0) is 15.3. The van der Waals surface area contributed by atoms with Crippen molar-refractivity contribution in [3.8, 4) is 0 Å². The van der Waals surface area contributed by atoms with Crippen molar-refractivity contribution in [2.24, 2.45) is 0 Å². The molecule has 0 unspecified atom stereocenters. The van der Waals surface area contributed by atoms with Crippen LogP contribution in [0.25, 0.3) is 0 Å². The molecule has 7 heteroatoms. The van der Waals surface area contributed by atoms with E-state index in [0.717, 1.165) is 6.42 Å². The van der Waals surface area contributed by atoms with Crippen molar-refractivity contribution < 1.29 is 8.42 Å². The topological polar surface area (TPSA) is 71.1 Å². The molecule has 0 atom stereocenters. The summed E-state index contributed by atoms with van der Waals surface area (Å²) in [6, 6.07) is 8.11. The number of aromatic nitrogens is 1. The van der Waals surface area contributed by atoms with Crippen molar-refractivity contribution in [3.63, 3.8) is 0 Å². The summed E-state index contributed by atoms with van der Waals surface area (Å²) in [6.07, 6.45) is 3.78. The Balaban J connectivity index is 2.29. The van der Waals surface area contributed by atoms with Gasteiger partial charge in [0.05, 0.1) is 5.69 Å². The second-order valence-corrected chi connectivity index (χ2v) is 6.50. The van der Waals surface area contributed by atoms with Crippen molar-refractivity contribution in [2.75, 3.05) is 16.6 Å². The SMILES string of the molecule is CCCNc1ccncc1S(=O)(=O)Nc1ccc(Cl)cc1. The predicted molar refractivity (Wildman–Crippen MR) is 85.3 cm³/mol. The molecule has 2 N–H and O–H groups in total. The Bertz CT molecular complexity index is 702. The smallest absolute Gasteiger partial charge is 0.265 e. The number of sulfonamides is 1. The van der Waals surface area contributed by atoms with E-state index in [1.54, 1.807) is 36.5 Å². The van der Waals surface area contributed by atoms with Crippen molar-refractivity contribution in [3.05, 3.63) is 47.7 Å². The predicted octanol–water partition coefficient (Wildman–Crippen LogP) is 3.36. The fourth-order valence-electron chi connectivity index (χ4n) is 1.73. The molecule has 0 aliphatic carbocycles. The van der Waals surface area contributed by atoms with Crippen LogP contribution in [0.4, 0.5) is 11.4 Å². The average molecular weight is 326 g/mol. The zero-order valence-electron chi connectivity index (χ0n) is 11.5. The highest BCUT2D eigenvalue weighted by Crippen LogP contribution is 2.23. The van der Waals surface area contributed by atoms with Gasteiger partial charge in [-0.25, -0.2) is 8.42 Å². The van der Waals surface area contributed by atoms with E-state index in [9.17, 15) is 8.42 Å². The summed E-state index contributed by atoms with van der Waals surface area (Å²) in [5.41, 5.74) is 0.984. The normalized spacial score (nSPS) is 11.1. The van der Waals surface area contributed by atoms with Gasteiger partial charge in [-0.15, -0.1) is 0 Å². The minimum absolute atomic E-state index is 0.119. The third-order valence-electron chi connectivity index (χ3n) is 2.74. The molecule has 0 fully saturated rings. The van der Waals surface area contributed by atoms with Crippen LogP contribution in [0.2, 0.25) is 5.02 Å². The van der Waals surface area contributed by atoms with Gasteiger partial charge in [0.25, 0.3) is 10.0 Å². The lowest BCUT2D eigenvalue weighted by atomic mass is 10.3. The van der Waals surface area contributed by atoms with E-state index in [4.69, 9.17) is 11.6 Å². The van der Waals surface area contributed by atoms with Gasteiger partial charge in [0.2, 0.25) is 0 Å². The fourth-order valence-corrected chi connectivity index (χ4v) is 3.04. The Morgan fingerprint density at radius 3 is 2.57 bits per heavy atom. The zero-order valence-corrected chi connectivity index (χ0v) is 13.1. The molecule has 112 valence electrons. The fraction of sp³-hybridized carbons (Fsp3) is 0.214. The van der Waals surface area contributed by atoms with Crippen LogP contribution in [0.5, 0.6) is 0 Å². The third kappa shape index (κ3) is 4.09. The molecule has 5 nitrogen and oxygen atoms in total. The molecular formula is C14H16ClN3O2S. The van der Waals surface area contributed by atoms with Crippen LogP contribution in [0.1, 0.15) is 13.3 Å². The van der Waals surface area contributed by atoms with Crippen LogP contribution >= 0.6 is 11.6 Å². The van der Waals surface area contributed by atoms with E-state index >= 15 is 0 Å². The lowest BCUT2D eigenvalue weighted by molar-refractivity contribution is 0.601. The molecule has 0 radical (unpaired) electrons. The highest BCUT2D eigenvalue weighted by molar-refractivity contribution is 7.92. The number of nitrogens with zero attached hydrogens (tertiary/aromatic N) is 1. The first-order chi connectivity index (χ1) is 10.0. The van der Waals surface area contributed by atoms with Crippen molar-refractivity contribution in [1.29, 1.82) is 0 Å². The molecule has 0 spiro atoms. The van der Waals surface area contributed by atoms with Gasteiger partial charge in [-0.2, -0.15) is 0 Å². The van der Waals surface area contributed by atoms with E-state index in [0.29, 0.717) is 22.9 Å². The van der Waals surface area contributed by atoms with Crippen LogP contribution in [0.3, 0.4) is 0 Å². The van der Waals surface area contributed by atoms with Gasteiger partial charge in [-0.3, -0.25) is 9.71 Å². The van der Waals surface area contributed by atoms with E-state index in [-0.39, 0.29) is 4.90 Å². The number of nitrogens with one attached hydrogen (secondary N) is 2. The summed E-state index contributed by atoms with van der Waals surface area (Å²) in [5, 5.41) is 3.63. The summed E-state index contributed by atoms with van der Waals surface area (Å²) in [6.45, 7) is 2.70. The molecule has 0 saturated heterocycles. The molecule has 0 amide bonds. The number of rotatable bonds is 6. The molecule has 0 aliphatic heterocycles. The maximum Gasteiger partial charge on any atom is 0.265 e. The molecule has 2 aromatic rings. The quantitative estimate of drug-likeness (QED) is 0.854. The Labute approximate surface area is 129 Å². The van der Waals surface area contributed by atoms with Crippen molar-refractivity contribution in [1.82, 2.24) is 4.98 Å². The first-order valence-corrected chi connectivity index (χ1v) is 8.35. The number of pyridine rings is 1. The lowest BCUT2D eigenvalue weighted by Gasteiger charge is -2.13. The van der Waals surface area contributed by atoms with Gasteiger partial charge in [0.15, 0.2) is 0 Å². The summed E-state index contributed by atoms with van der Waals surface area (Å²) in [5.74, 6) is 0. The number of halogens is 1. The second kappa shape index (κ2) is 6.78. The molecule has 1 aromatic heterocycles. The van der Waals surface area contributed by atoms with Gasteiger partial charge in [0.1, 0.15) is 4.90 Å². The minimum Gasteiger partial charge on any atom is -0.384 e. The summed E-state index contributed by atoms with van der Waals surface area (Å²) in [4.78, 5) is 4.01. The van der Waals surface area contributed by atoms with E-state index in [1.165, 1.54) is 6.20 Å². The Kier molecular flexibility index (Phi) is 5.03. The molecule has 0 aliphatic rings. The molecule has 2 rings (SSSR count). The van der Waals surface area contributed by atoms with Crippen molar-refractivity contribution >= 4 is 33.0 Å². The van der Waals surface area contributed by atoms with Gasteiger partial charge >= 0.3 is 0 Å². The molecule has 0 saturated carbocycles. The Morgan fingerprint density at radius 2 is 1.90 bits per heavy atom. The maximum absolute atomic E-state index is 12.4. The van der Waals surface area contributed by atoms with Crippen LogP contribution in [0.15, 0.2) is 47.6 Å². The van der Waals surface area contributed by atoms with Crippen LogP contribution in [-0.2, 0) is 10.0 Å². The van der Waals surface area contributed by atoms with Gasteiger partial charge < -0.3 is 5.32 Å². The number of benzene rings is 1. The third-order valence-corrected chi connectivity index (χ3v) is 4.40. The van der Waals surface area contributed by atoms with Crippen molar-refractivity contribution in [2.45, 2.75) is 18.2 Å². The van der Waals surface area contributed by atoms with Gasteiger partial charge in [-0.05, 0) is 36.8 Å². The van der Waals surface area contributed by atoms with E-state index in [1.807, 2.05) is 6.92 Å². The maximum atomic E-state index is 12.4.